The summed E-state index contributed by atoms with van der Waals surface area (Å²) in [5.74, 6) is 0. The number of imidazole rings is 2. The minimum Gasteiger partial charge on any atom is -0.331 e. The standard InChI is InChI=1S/C24H30N4/c1-4-5-13-27-16-25-21-12-10-20(15-23(21)27)8-6-7-19(3)28-17-26-22-11-9-18(2)14-24(22)28/h9-12,14-17,19H,4-8,13H2,1-3H3. The number of fused-ring (bicyclic) bond motifs is 2. The van der Waals surface area contributed by atoms with Crippen molar-refractivity contribution in [3.8, 4) is 0 Å². The monoisotopic (exact) mass is 374 g/mol. The van der Waals surface area contributed by atoms with Crippen LogP contribution in [0.25, 0.3) is 22.1 Å². The lowest BCUT2D eigenvalue weighted by molar-refractivity contribution is 0.499. The predicted molar refractivity (Wildman–Crippen MR) is 117 cm³/mol. The summed E-state index contributed by atoms with van der Waals surface area (Å²) in [5.41, 5.74) is 7.40. The quantitative estimate of drug-likeness (QED) is 0.375. The maximum Gasteiger partial charge on any atom is 0.0960 e. The fourth-order valence-electron chi connectivity index (χ4n) is 3.99. The molecule has 1 atom stereocenters. The highest BCUT2D eigenvalue weighted by atomic mass is 15.1. The van der Waals surface area contributed by atoms with Crippen LogP contribution >= 0.6 is 0 Å². The molecule has 4 aromatic rings. The van der Waals surface area contributed by atoms with Gasteiger partial charge in [-0.15, -0.1) is 0 Å². The van der Waals surface area contributed by atoms with Gasteiger partial charge in [0.1, 0.15) is 0 Å². The third-order valence-corrected chi connectivity index (χ3v) is 5.73. The predicted octanol–water partition coefficient (Wildman–Crippen LogP) is 6.08. The average molecular weight is 375 g/mol. The van der Waals surface area contributed by atoms with E-state index in [1.807, 2.05) is 12.7 Å². The highest BCUT2D eigenvalue weighted by molar-refractivity contribution is 5.76. The van der Waals surface area contributed by atoms with Crippen LogP contribution in [0.3, 0.4) is 0 Å². The molecule has 28 heavy (non-hydrogen) atoms. The SMILES string of the molecule is CCCCn1cnc2ccc(CCCC(C)n3cnc4ccc(C)cc43)cc21. The molecule has 1 unspecified atom stereocenters. The molecule has 146 valence electrons. The third-order valence-electron chi connectivity index (χ3n) is 5.73. The average Bonchev–Trinajstić information content (AvgIpc) is 3.29. The second kappa shape index (κ2) is 8.17. The van der Waals surface area contributed by atoms with Gasteiger partial charge in [-0.05, 0) is 74.9 Å². The van der Waals surface area contributed by atoms with Crippen LogP contribution in [0.4, 0.5) is 0 Å². The molecule has 0 aliphatic carbocycles. The van der Waals surface area contributed by atoms with Crippen molar-refractivity contribution >= 4 is 22.1 Å². The fourth-order valence-corrected chi connectivity index (χ4v) is 3.99. The van der Waals surface area contributed by atoms with E-state index in [1.54, 1.807) is 0 Å². The topological polar surface area (TPSA) is 35.6 Å². The Bertz CT molecular complexity index is 1070. The van der Waals surface area contributed by atoms with Crippen LogP contribution in [0, 0.1) is 6.92 Å². The number of unbranched alkanes of at least 4 members (excludes halogenated alkanes) is 1. The van der Waals surface area contributed by atoms with Gasteiger partial charge in [-0.25, -0.2) is 9.97 Å². The fraction of sp³-hybridized carbons (Fsp3) is 0.417. The molecule has 0 radical (unpaired) electrons. The van der Waals surface area contributed by atoms with Gasteiger partial charge >= 0.3 is 0 Å². The van der Waals surface area contributed by atoms with E-state index in [0.29, 0.717) is 6.04 Å². The lowest BCUT2D eigenvalue weighted by Crippen LogP contribution is -2.04. The Hall–Kier alpha value is -2.62. The lowest BCUT2D eigenvalue weighted by atomic mass is 10.0. The van der Waals surface area contributed by atoms with E-state index in [-0.39, 0.29) is 0 Å². The van der Waals surface area contributed by atoms with Crippen LogP contribution in [0.2, 0.25) is 0 Å². The van der Waals surface area contributed by atoms with E-state index < -0.39 is 0 Å². The van der Waals surface area contributed by atoms with Crippen molar-refractivity contribution < 1.29 is 0 Å². The second-order valence-corrected chi connectivity index (χ2v) is 8.00. The van der Waals surface area contributed by atoms with Gasteiger partial charge in [0.05, 0.1) is 34.7 Å². The summed E-state index contributed by atoms with van der Waals surface area (Å²) in [5, 5.41) is 0. The van der Waals surface area contributed by atoms with Gasteiger partial charge in [0.25, 0.3) is 0 Å². The number of benzene rings is 2. The number of aryl methyl sites for hydroxylation is 3. The normalized spacial score (nSPS) is 12.8. The number of rotatable bonds is 8. The zero-order chi connectivity index (χ0) is 19.5. The van der Waals surface area contributed by atoms with E-state index in [0.717, 1.165) is 30.4 Å². The van der Waals surface area contributed by atoms with E-state index in [2.05, 4.69) is 76.3 Å². The number of nitrogens with zero attached hydrogens (tertiary/aromatic N) is 4. The van der Waals surface area contributed by atoms with Crippen LogP contribution in [0.1, 0.15) is 56.7 Å². The summed E-state index contributed by atoms with van der Waals surface area (Å²) in [6, 6.07) is 13.7. The molecule has 4 heteroatoms. The van der Waals surface area contributed by atoms with Crippen molar-refractivity contribution in [3.63, 3.8) is 0 Å². The smallest absolute Gasteiger partial charge is 0.0960 e. The van der Waals surface area contributed by atoms with Crippen molar-refractivity contribution in [3.05, 3.63) is 60.2 Å². The highest BCUT2D eigenvalue weighted by Gasteiger charge is 2.10. The molecule has 0 amide bonds. The number of aromatic nitrogens is 4. The van der Waals surface area contributed by atoms with Crippen LogP contribution < -0.4 is 0 Å². The van der Waals surface area contributed by atoms with Crippen LogP contribution in [-0.4, -0.2) is 19.1 Å². The molecule has 0 fully saturated rings. The van der Waals surface area contributed by atoms with Gasteiger partial charge in [0, 0.05) is 12.6 Å². The summed E-state index contributed by atoms with van der Waals surface area (Å²) in [6.07, 6.45) is 9.80. The van der Waals surface area contributed by atoms with Crippen LogP contribution in [-0.2, 0) is 13.0 Å². The molecular weight excluding hydrogens is 344 g/mol. The molecule has 2 aromatic carbocycles. The molecule has 4 rings (SSSR count). The molecule has 0 bridgehead atoms. The van der Waals surface area contributed by atoms with E-state index >= 15 is 0 Å². The van der Waals surface area contributed by atoms with Gasteiger partial charge in [-0.3, -0.25) is 0 Å². The lowest BCUT2D eigenvalue weighted by Gasteiger charge is -2.14. The molecule has 0 saturated carbocycles. The molecule has 2 heterocycles. The summed E-state index contributed by atoms with van der Waals surface area (Å²) in [4.78, 5) is 9.11. The van der Waals surface area contributed by atoms with Crippen molar-refractivity contribution in [1.82, 2.24) is 19.1 Å². The highest BCUT2D eigenvalue weighted by Crippen LogP contribution is 2.23. The van der Waals surface area contributed by atoms with Crippen molar-refractivity contribution in [1.29, 1.82) is 0 Å². The minimum absolute atomic E-state index is 0.450. The molecule has 0 aliphatic rings. The van der Waals surface area contributed by atoms with Crippen molar-refractivity contribution in [2.45, 2.75) is 65.5 Å². The molecule has 4 nitrogen and oxygen atoms in total. The summed E-state index contributed by atoms with van der Waals surface area (Å²) in [7, 11) is 0. The molecule has 0 saturated heterocycles. The van der Waals surface area contributed by atoms with Crippen molar-refractivity contribution in [2.75, 3.05) is 0 Å². The molecule has 0 N–H and O–H groups in total. The first kappa shape index (κ1) is 18.7. The van der Waals surface area contributed by atoms with Crippen molar-refractivity contribution in [2.24, 2.45) is 0 Å². The first-order valence-corrected chi connectivity index (χ1v) is 10.5. The Balaban J connectivity index is 1.42. The minimum atomic E-state index is 0.450. The van der Waals surface area contributed by atoms with Gasteiger partial charge < -0.3 is 9.13 Å². The molecule has 0 spiro atoms. The van der Waals surface area contributed by atoms with Gasteiger partial charge in [0.15, 0.2) is 0 Å². The zero-order valence-electron chi connectivity index (χ0n) is 17.2. The third kappa shape index (κ3) is 3.82. The first-order valence-electron chi connectivity index (χ1n) is 10.5. The molecule has 0 aliphatic heterocycles. The Morgan fingerprint density at radius 1 is 0.929 bits per heavy atom. The van der Waals surface area contributed by atoms with Gasteiger partial charge in [-0.2, -0.15) is 0 Å². The Morgan fingerprint density at radius 3 is 2.57 bits per heavy atom. The summed E-state index contributed by atoms with van der Waals surface area (Å²) in [6.45, 7) is 7.73. The van der Waals surface area contributed by atoms with Gasteiger partial charge in [-0.1, -0.05) is 25.5 Å². The van der Waals surface area contributed by atoms with E-state index in [9.17, 15) is 0 Å². The largest absolute Gasteiger partial charge is 0.331 e. The second-order valence-electron chi connectivity index (χ2n) is 8.00. The Labute approximate surface area is 167 Å². The maximum atomic E-state index is 4.56. The van der Waals surface area contributed by atoms with E-state index in [1.165, 1.54) is 41.4 Å². The first-order chi connectivity index (χ1) is 13.7. The van der Waals surface area contributed by atoms with Crippen LogP contribution in [0.5, 0.6) is 0 Å². The molecule has 2 aromatic heterocycles. The maximum absolute atomic E-state index is 4.56. The zero-order valence-corrected chi connectivity index (χ0v) is 17.2. The Morgan fingerprint density at radius 2 is 1.71 bits per heavy atom. The molecular formula is C24H30N4. The van der Waals surface area contributed by atoms with E-state index in [4.69, 9.17) is 0 Å². The number of hydrogen-bond donors (Lipinski definition) is 0. The van der Waals surface area contributed by atoms with Crippen LogP contribution in [0.15, 0.2) is 49.1 Å². The Kier molecular flexibility index (Phi) is 5.47. The number of hydrogen-bond acceptors (Lipinski definition) is 2. The summed E-state index contributed by atoms with van der Waals surface area (Å²) >= 11 is 0. The van der Waals surface area contributed by atoms with Gasteiger partial charge in [0.2, 0.25) is 0 Å². The summed E-state index contributed by atoms with van der Waals surface area (Å²) < 4.78 is 4.62.